The number of benzene rings is 5. The van der Waals surface area contributed by atoms with Gasteiger partial charge in [0.1, 0.15) is 46.6 Å². The van der Waals surface area contributed by atoms with Gasteiger partial charge in [0.05, 0.1) is 16.2 Å². The SMILES string of the molecule is CCc1nc2ccc(Cl)cn2c1C(=O)NCc1ccc(N2CCC(c3ccc(OC(F)(F)F)cc3)CC2)cc1.Fc1ccc2c(Nc3ccc(Oc4ccccc4)cc3)ncnc2c1. The second kappa shape index (κ2) is 19.5. The average molecular weight is 888 g/mol. The van der Waals surface area contributed by atoms with Gasteiger partial charge in [0.15, 0.2) is 0 Å². The maximum absolute atomic E-state index is 13.3. The van der Waals surface area contributed by atoms with Crippen LogP contribution in [-0.4, -0.2) is 44.7 Å². The molecule has 8 aromatic rings. The standard InChI is InChI=1S/C29H28ClF3N4O2.C20H14FN3O/c1-2-25-27(37-18-22(30)7-12-26(37)35-25)28(38)34-17-19-3-8-23(9-4-19)36-15-13-21(14-16-36)20-5-10-24(11-6-20)39-29(31,32)33;21-14-6-11-18-19(12-14)22-13-23-20(18)24-15-7-9-17(10-8-15)25-16-4-2-1-3-5-16/h3-12,18,21H,2,13-17H2,1H3,(H,34,38);1-13H,(H,22,23,24). The third kappa shape index (κ3) is 10.9. The number of hydrogen-bond acceptors (Lipinski definition) is 8. The first-order chi connectivity index (χ1) is 31.0. The number of aryl methyl sites for hydroxylation is 1. The Morgan fingerprint density at radius 1 is 0.828 bits per heavy atom. The van der Waals surface area contributed by atoms with E-state index in [0.29, 0.717) is 40.7 Å². The van der Waals surface area contributed by atoms with Gasteiger partial charge in [0.25, 0.3) is 5.91 Å². The van der Waals surface area contributed by atoms with Crippen molar-refractivity contribution in [1.82, 2.24) is 24.7 Å². The van der Waals surface area contributed by atoms with Gasteiger partial charge in [-0.3, -0.25) is 9.20 Å². The van der Waals surface area contributed by atoms with E-state index in [9.17, 15) is 22.4 Å². The summed E-state index contributed by atoms with van der Waals surface area (Å²) < 4.78 is 62.0. The first-order valence-electron chi connectivity index (χ1n) is 20.6. The van der Waals surface area contributed by atoms with Crippen molar-refractivity contribution in [2.75, 3.05) is 23.3 Å². The molecule has 15 heteroatoms. The Hall–Kier alpha value is -7.19. The van der Waals surface area contributed by atoms with Crippen LogP contribution in [0.5, 0.6) is 17.2 Å². The van der Waals surface area contributed by atoms with E-state index >= 15 is 0 Å². The molecule has 2 N–H and O–H groups in total. The molecule has 0 radical (unpaired) electrons. The fourth-order valence-corrected chi connectivity index (χ4v) is 7.72. The van der Waals surface area contributed by atoms with Crippen molar-refractivity contribution in [2.45, 2.75) is 45.0 Å². The molecule has 1 aliphatic rings. The number of hydrogen-bond donors (Lipinski definition) is 2. The summed E-state index contributed by atoms with van der Waals surface area (Å²) in [6, 6.07) is 39.4. The summed E-state index contributed by atoms with van der Waals surface area (Å²) in [5.74, 6) is 1.72. The van der Waals surface area contributed by atoms with Crippen LogP contribution >= 0.6 is 11.6 Å². The fourth-order valence-electron chi connectivity index (χ4n) is 7.56. The van der Waals surface area contributed by atoms with E-state index < -0.39 is 6.36 Å². The van der Waals surface area contributed by atoms with Gasteiger partial charge in [-0.1, -0.05) is 61.0 Å². The molecular formula is C49H42ClF4N7O3. The van der Waals surface area contributed by atoms with E-state index in [4.69, 9.17) is 16.3 Å². The summed E-state index contributed by atoms with van der Waals surface area (Å²) in [4.78, 5) is 28.2. The molecule has 1 fully saturated rings. The number of aromatic nitrogens is 4. The van der Waals surface area contributed by atoms with Crippen LogP contribution in [0.3, 0.4) is 0 Å². The molecule has 5 aromatic carbocycles. The third-order valence-electron chi connectivity index (χ3n) is 10.7. The number of pyridine rings is 1. The van der Waals surface area contributed by atoms with E-state index in [1.165, 1.54) is 30.6 Å². The second-order valence-electron chi connectivity index (χ2n) is 15.0. The number of alkyl halides is 3. The van der Waals surface area contributed by atoms with Crippen LogP contribution < -0.4 is 25.0 Å². The molecule has 326 valence electrons. The number of ether oxygens (including phenoxy) is 2. The van der Waals surface area contributed by atoms with Gasteiger partial charge in [-0.15, -0.1) is 13.2 Å². The lowest BCUT2D eigenvalue weighted by Gasteiger charge is -2.34. The van der Waals surface area contributed by atoms with Gasteiger partial charge in [-0.2, -0.15) is 0 Å². The number of imidazole rings is 1. The Morgan fingerprint density at radius 2 is 1.53 bits per heavy atom. The number of nitrogens with one attached hydrogen (secondary N) is 2. The van der Waals surface area contributed by atoms with Crippen molar-refractivity contribution in [3.63, 3.8) is 0 Å². The summed E-state index contributed by atoms with van der Waals surface area (Å²) >= 11 is 6.14. The average Bonchev–Trinajstić information content (AvgIpc) is 3.67. The molecule has 9 rings (SSSR count). The highest BCUT2D eigenvalue weighted by Crippen LogP contribution is 2.33. The number of halogens is 5. The van der Waals surface area contributed by atoms with Crippen LogP contribution in [0.2, 0.25) is 5.02 Å². The Morgan fingerprint density at radius 3 is 2.23 bits per heavy atom. The number of carbonyl (C=O) groups is 1. The van der Waals surface area contributed by atoms with Gasteiger partial charge in [-0.25, -0.2) is 19.3 Å². The van der Waals surface area contributed by atoms with Crippen molar-refractivity contribution < 1.29 is 31.8 Å². The highest BCUT2D eigenvalue weighted by Gasteiger charge is 2.31. The van der Waals surface area contributed by atoms with Crippen molar-refractivity contribution in [2.24, 2.45) is 0 Å². The maximum Gasteiger partial charge on any atom is 0.573 e. The number of carbonyl (C=O) groups excluding carboxylic acids is 1. The number of amides is 1. The smallest absolute Gasteiger partial charge is 0.457 e. The lowest BCUT2D eigenvalue weighted by atomic mass is 9.89. The van der Waals surface area contributed by atoms with E-state index in [1.807, 2.05) is 73.7 Å². The molecule has 0 unspecified atom stereocenters. The number of rotatable bonds is 11. The van der Waals surface area contributed by atoms with Crippen LogP contribution in [-0.2, 0) is 13.0 Å². The first-order valence-corrected chi connectivity index (χ1v) is 21.0. The molecule has 4 heterocycles. The Balaban J connectivity index is 0.000000192. The summed E-state index contributed by atoms with van der Waals surface area (Å²) in [6.07, 6.45) is 0.868. The van der Waals surface area contributed by atoms with Crippen LogP contribution in [0.4, 0.5) is 34.8 Å². The monoisotopic (exact) mass is 887 g/mol. The van der Waals surface area contributed by atoms with Gasteiger partial charge >= 0.3 is 6.36 Å². The Kier molecular flexibility index (Phi) is 13.2. The molecule has 10 nitrogen and oxygen atoms in total. The quantitative estimate of drug-likeness (QED) is 0.124. The van der Waals surface area contributed by atoms with E-state index in [2.05, 4.69) is 47.4 Å². The fraction of sp³-hybridized carbons (Fsp3) is 0.184. The molecule has 1 saturated heterocycles. The predicted octanol–water partition coefficient (Wildman–Crippen LogP) is 12.1. The number of para-hydroxylation sites is 1. The molecule has 0 aliphatic carbocycles. The molecule has 0 saturated carbocycles. The van der Waals surface area contributed by atoms with E-state index in [-0.39, 0.29) is 23.4 Å². The highest BCUT2D eigenvalue weighted by atomic mass is 35.5. The topological polar surface area (TPSA) is 106 Å². The highest BCUT2D eigenvalue weighted by molar-refractivity contribution is 6.30. The predicted molar refractivity (Wildman–Crippen MR) is 240 cm³/mol. The summed E-state index contributed by atoms with van der Waals surface area (Å²) in [7, 11) is 0. The zero-order chi connectivity index (χ0) is 44.6. The Labute approximate surface area is 371 Å². The molecular weight excluding hydrogens is 846 g/mol. The summed E-state index contributed by atoms with van der Waals surface area (Å²) in [5.41, 5.74) is 6.41. The van der Waals surface area contributed by atoms with Crippen LogP contribution in [0.15, 0.2) is 146 Å². The molecule has 1 amide bonds. The molecule has 64 heavy (non-hydrogen) atoms. The second-order valence-corrected chi connectivity index (χ2v) is 15.4. The third-order valence-corrected chi connectivity index (χ3v) is 11.0. The van der Waals surface area contributed by atoms with Crippen molar-refractivity contribution >= 4 is 51.3 Å². The zero-order valence-corrected chi connectivity index (χ0v) is 35.3. The van der Waals surface area contributed by atoms with E-state index in [1.54, 1.807) is 40.9 Å². The first kappa shape index (κ1) is 43.5. The number of fused-ring (bicyclic) bond motifs is 2. The van der Waals surface area contributed by atoms with Crippen LogP contribution in [0.25, 0.3) is 16.6 Å². The van der Waals surface area contributed by atoms with Gasteiger partial charge in [0, 0.05) is 48.7 Å². The summed E-state index contributed by atoms with van der Waals surface area (Å²) in [6.45, 7) is 4.04. The van der Waals surface area contributed by atoms with E-state index in [0.717, 1.165) is 71.0 Å². The largest absolute Gasteiger partial charge is 0.573 e. The van der Waals surface area contributed by atoms with Gasteiger partial charge in [0.2, 0.25) is 0 Å². The normalized spacial score (nSPS) is 13.0. The molecule has 0 bridgehead atoms. The minimum absolute atomic E-state index is 0.200. The van der Waals surface area contributed by atoms with Gasteiger partial charge < -0.3 is 25.0 Å². The lowest BCUT2D eigenvalue weighted by Crippen LogP contribution is -2.32. The minimum atomic E-state index is -4.68. The molecule has 0 spiro atoms. The van der Waals surface area contributed by atoms with Crippen molar-refractivity contribution in [1.29, 1.82) is 0 Å². The lowest BCUT2D eigenvalue weighted by molar-refractivity contribution is -0.274. The maximum atomic E-state index is 13.3. The number of nitrogens with zero attached hydrogens (tertiary/aromatic N) is 5. The zero-order valence-electron chi connectivity index (χ0n) is 34.5. The van der Waals surface area contributed by atoms with Crippen LogP contribution in [0, 0.1) is 5.82 Å². The Bertz CT molecular complexity index is 2840. The number of anilines is 3. The van der Waals surface area contributed by atoms with Crippen LogP contribution in [0.1, 0.15) is 53.0 Å². The van der Waals surface area contributed by atoms with Crippen molar-refractivity contribution in [3.8, 4) is 17.2 Å². The molecule has 0 atom stereocenters. The van der Waals surface area contributed by atoms with Gasteiger partial charge in [-0.05, 0) is 121 Å². The number of piperidine rings is 1. The summed E-state index contributed by atoms with van der Waals surface area (Å²) in [5, 5.41) is 7.52. The minimum Gasteiger partial charge on any atom is -0.457 e. The van der Waals surface area contributed by atoms with Crippen molar-refractivity contribution in [3.05, 3.63) is 179 Å². The molecule has 1 aliphatic heterocycles. The molecule has 3 aromatic heterocycles.